The maximum atomic E-state index is 9.75. The second-order valence-corrected chi connectivity index (χ2v) is 10.5. The SMILES string of the molecule is CCO/C(=C/C=C1\CCCC(/C=C/C(=[O+]CC)c2ccc3ccccc3c2)=C1Cl)c1ccc2ccccc2c1.F[B-](F)(F)F. The van der Waals surface area contributed by atoms with Gasteiger partial charge in [-0.15, -0.1) is 0 Å². The Morgan fingerprint density at radius 1 is 0.818 bits per heavy atom. The third kappa shape index (κ3) is 9.45. The van der Waals surface area contributed by atoms with Gasteiger partial charge in [0, 0.05) is 23.6 Å². The summed E-state index contributed by atoms with van der Waals surface area (Å²) in [6.07, 6.45) is 11.3. The van der Waals surface area contributed by atoms with Crippen LogP contribution >= 0.6 is 11.6 Å². The molecular weight excluding hydrogens is 587 g/mol. The van der Waals surface area contributed by atoms with Crippen LogP contribution in [0.25, 0.3) is 27.3 Å². The molecule has 0 fully saturated rings. The van der Waals surface area contributed by atoms with Crippen molar-refractivity contribution >= 4 is 51.9 Å². The predicted octanol–water partition coefficient (Wildman–Crippen LogP) is 11.3. The van der Waals surface area contributed by atoms with Crippen LogP contribution in [0.2, 0.25) is 0 Å². The van der Waals surface area contributed by atoms with Crippen LogP contribution in [-0.4, -0.2) is 26.3 Å². The first-order valence-electron chi connectivity index (χ1n) is 14.6. The smallest absolute Gasteiger partial charge is 0.493 e. The normalized spacial score (nSPS) is 15.7. The van der Waals surface area contributed by atoms with Gasteiger partial charge in [0.05, 0.1) is 12.2 Å². The number of halogens is 5. The first kappa shape index (κ1) is 32.8. The molecular formula is C36H34BClF4O2. The molecule has 0 spiro atoms. The molecule has 0 N–H and O–H groups in total. The third-order valence-corrected chi connectivity index (χ3v) is 7.48. The van der Waals surface area contributed by atoms with Crippen LogP contribution in [-0.2, 0) is 4.74 Å². The molecule has 0 atom stereocenters. The Hall–Kier alpha value is -4.10. The Morgan fingerprint density at radius 3 is 1.98 bits per heavy atom. The molecule has 0 amide bonds. The summed E-state index contributed by atoms with van der Waals surface area (Å²) in [6.45, 7) is 5.23. The van der Waals surface area contributed by atoms with Gasteiger partial charge in [-0.3, -0.25) is 4.42 Å². The van der Waals surface area contributed by atoms with E-state index >= 15 is 0 Å². The zero-order valence-corrected chi connectivity index (χ0v) is 25.5. The third-order valence-electron chi connectivity index (χ3n) is 7.00. The van der Waals surface area contributed by atoms with E-state index in [4.69, 9.17) is 20.8 Å². The number of allylic oxidation sites excluding steroid dienone is 7. The van der Waals surface area contributed by atoms with E-state index in [1.165, 1.54) is 21.5 Å². The van der Waals surface area contributed by atoms with Gasteiger partial charge >= 0.3 is 13.0 Å². The molecule has 8 heteroatoms. The van der Waals surface area contributed by atoms with Crippen LogP contribution in [0.3, 0.4) is 0 Å². The summed E-state index contributed by atoms with van der Waals surface area (Å²) in [4.78, 5) is 0. The van der Waals surface area contributed by atoms with Gasteiger partial charge in [0.2, 0.25) is 0 Å². The molecule has 228 valence electrons. The van der Waals surface area contributed by atoms with Crippen LogP contribution in [0.4, 0.5) is 17.3 Å². The van der Waals surface area contributed by atoms with Gasteiger partial charge in [-0.25, -0.2) is 0 Å². The van der Waals surface area contributed by atoms with Gasteiger partial charge < -0.3 is 22.0 Å². The van der Waals surface area contributed by atoms with Gasteiger partial charge in [-0.05, 0) is 89.2 Å². The lowest BCUT2D eigenvalue weighted by Crippen LogP contribution is -2.02. The predicted molar refractivity (Wildman–Crippen MR) is 177 cm³/mol. The molecule has 0 saturated heterocycles. The van der Waals surface area contributed by atoms with Crippen molar-refractivity contribution in [1.29, 1.82) is 0 Å². The van der Waals surface area contributed by atoms with E-state index < -0.39 is 7.25 Å². The van der Waals surface area contributed by atoms with Crippen molar-refractivity contribution in [3.8, 4) is 0 Å². The monoisotopic (exact) mass is 620 g/mol. The Kier molecular flexibility index (Phi) is 11.6. The highest BCUT2D eigenvalue weighted by molar-refractivity contribution is 6.50. The molecule has 0 unspecified atom stereocenters. The van der Waals surface area contributed by atoms with Crippen LogP contribution in [0.1, 0.15) is 48.7 Å². The molecule has 0 aliphatic heterocycles. The second-order valence-electron chi connectivity index (χ2n) is 10.1. The molecule has 1 aliphatic carbocycles. The summed E-state index contributed by atoms with van der Waals surface area (Å²) in [5.41, 5.74) is 4.39. The number of fused-ring (bicyclic) bond motifs is 2. The summed E-state index contributed by atoms with van der Waals surface area (Å²) >= 11 is 6.96. The highest BCUT2D eigenvalue weighted by Gasteiger charge is 2.20. The van der Waals surface area contributed by atoms with Crippen LogP contribution < -0.4 is 0 Å². The van der Waals surface area contributed by atoms with Gasteiger partial charge in [0.25, 0.3) is 6.61 Å². The molecule has 0 radical (unpaired) electrons. The maximum absolute atomic E-state index is 9.75. The molecule has 2 nitrogen and oxygen atoms in total. The Morgan fingerprint density at radius 2 is 1.39 bits per heavy atom. The molecule has 4 aromatic rings. The summed E-state index contributed by atoms with van der Waals surface area (Å²) in [6, 6.07) is 29.6. The first-order valence-corrected chi connectivity index (χ1v) is 15.0. The van der Waals surface area contributed by atoms with Crippen molar-refractivity contribution in [3.05, 3.63) is 137 Å². The van der Waals surface area contributed by atoms with Crippen LogP contribution in [0, 0.1) is 0 Å². The van der Waals surface area contributed by atoms with Crippen LogP contribution in [0.5, 0.6) is 0 Å². The molecule has 5 rings (SSSR count). The first-order chi connectivity index (χ1) is 21.2. The van der Waals surface area contributed by atoms with E-state index in [-0.39, 0.29) is 0 Å². The van der Waals surface area contributed by atoms with E-state index in [0.29, 0.717) is 13.2 Å². The van der Waals surface area contributed by atoms with E-state index in [1.54, 1.807) is 0 Å². The lowest BCUT2D eigenvalue weighted by Gasteiger charge is -2.17. The fraction of sp³-hybridized carbons (Fsp3) is 0.194. The van der Waals surface area contributed by atoms with Gasteiger partial charge in [0.1, 0.15) is 5.76 Å². The van der Waals surface area contributed by atoms with Crippen molar-refractivity contribution in [2.75, 3.05) is 13.2 Å². The van der Waals surface area contributed by atoms with Crippen LogP contribution in [0.15, 0.2) is 125 Å². The highest BCUT2D eigenvalue weighted by atomic mass is 35.5. The average Bonchev–Trinajstić information content (AvgIpc) is 3.01. The molecule has 1 aliphatic rings. The van der Waals surface area contributed by atoms with E-state index in [9.17, 15) is 17.3 Å². The number of ketones is 1. The van der Waals surface area contributed by atoms with Gasteiger partial charge in [-0.2, -0.15) is 0 Å². The molecule has 0 heterocycles. The van der Waals surface area contributed by atoms with E-state index in [1.807, 2.05) is 13.8 Å². The number of carbonyl (C=O) groups excluding carboxylic acids is 1. The maximum Gasteiger partial charge on any atom is 0.673 e. The lowest BCUT2D eigenvalue weighted by molar-refractivity contribution is -0.261. The molecule has 0 bridgehead atoms. The summed E-state index contributed by atoms with van der Waals surface area (Å²) in [5, 5.41) is 5.65. The van der Waals surface area contributed by atoms with Crippen molar-refractivity contribution in [2.24, 2.45) is 0 Å². The highest BCUT2D eigenvalue weighted by Crippen LogP contribution is 2.34. The Bertz CT molecular complexity index is 1750. The largest absolute Gasteiger partial charge is 0.673 e. The number of benzene rings is 4. The summed E-state index contributed by atoms with van der Waals surface area (Å²) in [7, 11) is -6.00. The Labute approximate surface area is 260 Å². The standard InChI is InChI=1S/C36H34ClO2.BF4/c1-3-38-34(32-18-16-26-10-5-7-12-30(26)24-32)22-20-28-14-9-15-29(36(28)37)21-23-35(39-4-2)33-19-17-27-11-6-8-13-31(27)25-33;2-1(3,4)5/h5-8,10-13,16-25H,3-4,9,14-15H2,1-2H3;/q+1;-1/b22-20+,29-21+,35-23+;. The van der Waals surface area contributed by atoms with Crippen molar-refractivity contribution in [1.82, 2.24) is 0 Å². The number of hydrogen-bond donors (Lipinski definition) is 0. The number of ether oxygens (including phenoxy) is 1. The van der Waals surface area contributed by atoms with E-state index in [2.05, 4.69) is 109 Å². The quantitative estimate of drug-likeness (QED) is 0.0479. The van der Waals surface area contributed by atoms with Crippen molar-refractivity contribution in [3.63, 3.8) is 0 Å². The number of rotatable bonds is 8. The molecule has 0 saturated carbocycles. The van der Waals surface area contributed by atoms with Gasteiger partial charge in [-0.1, -0.05) is 84.4 Å². The van der Waals surface area contributed by atoms with Crippen molar-refractivity contribution < 1.29 is 26.4 Å². The average molecular weight is 621 g/mol. The Balaban J connectivity index is 0.000000818. The summed E-state index contributed by atoms with van der Waals surface area (Å²) in [5.74, 6) is 1.71. The number of hydrogen-bond acceptors (Lipinski definition) is 1. The minimum Gasteiger partial charge on any atom is -0.493 e. The zero-order valence-electron chi connectivity index (χ0n) is 24.7. The minimum absolute atomic E-state index is 0.601. The van der Waals surface area contributed by atoms with Gasteiger partial charge in [0.15, 0.2) is 0 Å². The van der Waals surface area contributed by atoms with Crippen molar-refractivity contribution in [2.45, 2.75) is 33.1 Å². The second kappa shape index (κ2) is 15.6. The molecule has 44 heavy (non-hydrogen) atoms. The zero-order chi connectivity index (χ0) is 31.5. The molecule has 4 aromatic carbocycles. The van der Waals surface area contributed by atoms with E-state index in [0.717, 1.165) is 58.1 Å². The fourth-order valence-corrected chi connectivity index (χ4v) is 5.33. The fourth-order valence-electron chi connectivity index (χ4n) is 5.01. The minimum atomic E-state index is -6.00. The summed E-state index contributed by atoms with van der Waals surface area (Å²) < 4.78 is 51.1. The molecule has 0 aromatic heterocycles. The topological polar surface area (TPSA) is 20.5 Å². The lowest BCUT2D eigenvalue weighted by atomic mass is 9.93.